The molecule has 0 aliphatic heterocycles. The van der Waals surface area contributed by atoms with Crippen LogP contribution in [0.15, 0.2) is 85.3 Å². The van der Waals surface area contributed by atoms with E-state index in [4.69, 9.17) is 4.74 Å². The Bertz CT molecular complexity index is 1140. The molecule has 2 aromatic carbocycles. The maximum absolute atomic E-state index is 12.4. The molecule has 0 saturated heterocycles. The minimum Gasteiger partial charge on any atom is -0.455 e. The van der Waals surface area contributed by atoms with Gasteiger partial charge < -0.3 is 15.4 Å². The number of nitrogens with zero attached hydrogens (tertiary/aromatic N) is 3. The van der Waals surface area contributed by atoms with Crippen LogP contribution in [0.1, 0.15) is 11.1 Å². The highest BCUT2D eigenvalue weighted by molar-refractivity contribution is 5.90. The number of urea groups is 1. The molecule has 0 aliphatic rings. The second-order valence-corrected chi connectivity index (χ2v) is 6.70. The molecule has 7 nitrogen and oxygen atoms in total. The van der Waals surface area contributed by atoms with Crippen molar-refractivity contribution < 1.29 is 9.53 Å². The summed E-state index contributed by atoms with van der Waals surface area (Å²) in [6.07, 6.45) is 5.20. The molecular formula is C23H21N5O2. The molecule has 2 aromatic heterocycles. The maximum atomic E-state index is 12.4. The molecule has 4 rings (SSSR count). The van der Waals surface area contributed by atoms with Crippen LogP contribution in [-0.4, -0.2) is 20.8 Å². The minimum atomic E-state index is -0.326. The summed E-state index contributed by atoms with van der Waals surface area (Å²) in [7, 11) is 0. The highest BCUT2D eigenvalue weighted by Gasteiger charge is 2.09. The van der Waals surface area contributed by atoms with Crippen LogP contribution in [0, 0.1) is 6.92 Å². The number of hydrogen-bond acceptors (Lipinski definition) is 4. The van der Waals surface area contributed by atoms with Gasteiger partial charge in [0, 0.05) is 25.1 Å². The average molecular weight is 399 g/mol. The number of carbonyl (C=O) groups is 1. The number of ether oxygens (including phenoxy) is 1. The Morgan fingerprint density at radius 2 is 1.93 bits per heavy atom. The Morgan fingerprint density at radius 1 is 1.03 bits per heavy atom. The first kappa shape index (κ1) is 19.2. The van der Waals surface area contributed by atoms with Crippen LogP contribution in [0.25, 0.3) is 5.82 Å². The molecule has 0 unspecified atom stereocenters. The van der Waals surface area contributed by atoms with Crippen molar-refractivity contribution in [2.75, 3.05) is 5.32 Å². The Balaban J connectivity index is 1.40. The lowest BCUT2D eigenvalue weighted by atomic mass is 10.2. The van der Waals surface area contributed by atoms with Crippen LogP contribution in [0.3, 0.4) is 0 Å². The predicted octanol–water partition coefficient (Wildman–Crippen LogP) is 4.69. The number of amides is 2. The fraction of sp³-hybridized carbons (Fsp3) is 0.0870. The molecule has 0 spiro atoms. The van der Waals surface area contributed by atoms with Gasteiger partial charge in [-0.3, -0.25) is 0 Å². The molecule has 0 radical (unpaired) electrons. The highest BCUT2D eigenvalue weighted by Crippen LogP contribution is 2.29. The lowest BCUT2D eigenvalue weighted by Crippen LogP contribution is -2.28. The summed E-state index contributed by atoms with van der Waals surface area (Å²) in [6.45, 7) is 2.35. The van der Waals surface area contributed by atoms with E-state index in [1.54, 1.807) is 23.1 Å². The molecule has 0 atom stereocenters. The van der Waals surface area contributed by atoms with Crippen molar-refractivity contribution in [1.82, 2.24) is 20.1 Å². The number of aromatic nitrogens is 3. The standard InChI is InChI=1S/C23H21N5O2/c1-17-6-4-7-19(14-17)30-21-9-3-2-8-20(21)27-23(29)25-16-18-10-12-24-22(15-18)28-13-5-11-26-28/h2-15H,16H2,1H3,(H2,25,27,29). The molecule has 4 aromatic rings. The molecule has 0 aliphatic carbocycles. The first-order chi connectivity index (χ1) is 14.7. The van der Waals surface area contributed by atoms with E-state index in [0.717, 1.165) is 11.1 Å². The highest BCUT2D eigenvalue weighted by atomic mass is 16.5. The molecule has 2 amide bonds. The molecule has 150 valence electrons. The van der Waals surface area contributed by atoms with Gasteiger partial charge >= 0.3 is 6.03 Å². The number of aryl methyl sites for hydroxylation is 1. The summed E-state index contributed by atoms with van der Waals surface area (Å²) in [4.78, 5) is 16.7. The summed E-state index contributed by atoms with van der Waals surface area (Å²) < 4.78 is 7.62. The third kappa shape index (κ3) is 4.82. The molecular weight excluding hydrogens is 378 g/mol. The van der Waals surface area contributed by atoms with Gasteiger partial charge in [-0.1, -0.05) is 24.3 Å². The van der Waals surface area contributed by atoms with Crippen molar-refractivity contribution in [2.45, 2.75) is 13.5 Å². The quantitative estimate of drug-likeness (QED) is 0.493. The number of para-hydroxylation sites is 2. The van der Waals surface area contributed by atoms with Crippen molar-refractivity contribution in [1.29, 1.82) is 0 Å². The topological polar surface area (TPSA) is 81.1 Å². The van der Waals surface area contributed by atoms with E-state index in [0.29, 0.717) is 29.5 Å². The van der Waals surface area contributed by atoms with Crippen LogP contribution in [0.2, 0.25) is 0 Å². The molecule has 2 N–H and O–H groups in total. The molecule has 0 bridgehead atoms. The summed E-state index contributed by atoms with van der Waals surface area (Å²) in [6, 6.07) is 20.3. The molecule has 0 saturated carbocycles. The molecule has 30 heavy (non-hydrogen) atoms. The van der Waals surface area contributed by atoms with Crippen molar-refractivity contribution in [2.24, 2.45) is 0 Å². The second-order valence-electron chi connectivity index (χ2n) is 6.70. The largest absolute Gasteiger partial charge is 0.455 e. The van der Waals surface area contributed by atoms with Gasteiger partial charge in [-0.05, 0) is 60.5 Å². The zero-order chi connectivity index (χ0) is 20.8. The third-order valence-electron chi connectivity index (χ3n) is 4.35. The van der Waals surface area contributed by atoms with Gasteiger partial charge in [-0.25, -0.2) is 14.5 Å². The van der Waals surface area contributed by atoms with E-state index in [2.05, 4.69) is 20.7 Å². The van der Waals surface area contributed by atoms with Gasteiger partial charge in [0.1, 0.15) is 5.75 Å². The van der Waals surface area contributed by atoms with E-state index < -0.39 is 0 Å². The lowest BCUT2D eigenvalue weighted by Gasteiger charge is -2.13. The fourth-order valence-electron chi connectivity index (χ4n) is 2.91. The third-order valence-corrected chi connectivity index (χ3v) is 4.35. The molecule has 0 fully saturated rings. The van der Waals surface area contributed by atoms with Crippen LogP contribution < -0.4 is 15.4 Å². The van der Waals surface area contributed by atoms with E-state index in [-0.39, 0.29) is 6.03 Å². The van der Waals surface area contributed by atoms with Crippen LogP contribution in [-0.2, 0) is 6.54 Å². The average Bonchev–Trinajstić information content (AvgIpc) is 3.29. The fourth-order valence-corrected chi connectivity index (χ4v) is 2.91. The monoisotopic (exact) mass is 399 g/mol. The SMILES string of the molecule is Cc1cccc(Oc2ccccc2NC(=O)NCc2ccnc(-n3cccn3)c2)c1. The number of pyridine rings is 1. The van der Waals surface area contributed by atoms with Gasteiger partial charge in [0.2, 0.25) is 0 Å². The van der Waals surface area contributed by atoms with Gasteiger partial charge in [-0.2, -0.15) is 5.10 Å². The Kier molecular flexibility index (Phi) is 5.70. The lowest BCUT2D eigenvalue weighted by molar-refractivity contribution is 0.251. The maximum Gasteiger partial charge on any atom is 0.319 e. The van der Waals surface area contributed by atoms with Crippen LogP contribution in [0.5, 0.6) is 11.5 Å². The molecule has 7 heteroatoms. The normalized spacial score (nSPS) is 10.4. The summed E-state index contributed by atoms with van der Waals surface area (Å²) >= 11 is 0. The number of benzene rings is 2. The van der Waals surface area contributed by atoms with Crippen molar-refractivity contribution in [3.63, 3.8) is 0 Å². The number of rotatable bonds is 6. The Hall–Kier alpha value is -4.13. The van der Waals surface area contributed by atoms with Gasteiger partial charge in [-0.15, -0.1) is 0 Å². The number of hydrogen-bond donors (Lipinski definition) is 2. The van der Waals surface area contributed by atoms with E-state index in [1.165, 1.54) is 0 Å². The van der Waals surface area contributed by atoms with E-state index in [9.17, 15) is 4.79 Å². The minimum absolute atomic E-state index is 0.326. The summed E-state index contributed by atoms with van der Waals surface area (Å²) in [5.74, 6) is 1.98. The Morgan fingerprint density at radius 3 is 2.77 bits per heavy atom. The van der Waals surface area contributed by atoms with E-state index >= 15 is 0 Å². The zero-order valence-electron chi connectivity index (χ0n) is 16.4. The number of carbonyl (C=O) groups excluding carboxylic acids is 1. The second kappa shape index (κ2) is 8.91. The van der Waals surface area contributed by atoms with Crippen molar-refractivity contribution in [3.05, 3.63) is 96.4 Å². The van der Waals surface area contributed by atoms with Crippen LogP contribution in [0.4, 0.5) is 10.5 Å². The predicted molar refractivity (Wildman–Crippen MR) is 115 cm³/mol. The van der Waals surface area contributed by atoms with Crippen LogP contribution >= 0.6 is 0 Å². The smallest absolute Gasteiger partial charge is 0.319 e. The Labute approximate surface area is 174 Å². The first-order valence-corrected chi connectivity index (χ1v) is 9.51. The van der Waals surface area contributed by atoms with Crippen molar-refractivity contribution in [3.8, 4) is 17.3 Å². The summed E-state index contributed by atoms with van der Waals surface area (Å²) in [5.41, 5.74) is 2.60. The van der Waals surface area contributed by atoms with Gasteiger partial charge in [0.05, 0.1) is 5.69 Å². The van der Waals surface area contributed by atoms with Gasteiger partial charge in [0.15, 0.2) is 11.6 Å². The zero-order valence-corrected chi connectivity index (χ0v) is 16.4. The first-order valence-electron chi connectivity index (χ1n) is 9.51. The van der Waals surface area contributed by atoms with E-state index in [1.807, 2.05) is 73.8 Å². The van der Waals surface area contributed by atoms with Crippen molar-refractivity contribution >= 4 is 11.7 Å². The van der Waals surface area contributed by atoms with Gasteiger partial charge in [0.25, 0.3) is 0 Å². The summed E-state index contributed by atoms with van der Waals surface area (Å²) in [5, 5.41) is 9.88. The molecule has 2 heterocycles. The number of nitrogens with one attached hydrogen (secondary N) is 2. The number of anilines is 1.